The van der Waals surface area contributed by atoms with Gasteiger partial charge in [-0.3, -0.25) is 0 Å². The quantitative estimate of drug-likeness (QED) is 0.790. The van der Waals surface area contributed by atoms with Gasteiger partial charge in [0.25, 0.3) is 0 Å². The Balaban J connectivity index is 2.12. The zero-order valence-corrected chi connectivity index (χ0v) is 11.9. The fourth-order valence-corrected chi connectivity index (χ4v) is 2.34. The van der Waals surface area contributed by atoms with Crippen molar-refractivity contribution in [1.82, 2.24) is 9.97 Å². The van der Waals surface area contributed by atoms with Crippen molar-refractivity contribution in [2.45, 2.75) is 18.8 Å². The monoisotopic (exact) mass is 294 g/mol. The van der Waals surface area contributed by atoms with Crippen molar-refractivity contribution >= 4 is 23.2 Å². The summed E-state index contributed by atoms with van der Waals surface area (Å²) in [4.78, 5) is 8.86. The molecule has 0 radical (unpaired) electrons. The summed E-state index contributed by atoms with van der Waals surface area (Å²) in [6.07, 6.45) is 2.26. The van der Waals surface area contributed by atoms with Crippen LogP contribution >= 0.6 is 23.2 Å². The second-order valence-corrected chi connectivity index (χ2v) is 5.38. The first-order chi connectivity index (χ1) is 9.17. The average Bonchev–Trinajstić information content (AvgIpc) is 3.22. The standard InChI is InChI=1S/C14H12Cl2N2O/c1-19-12-5-4-9(15)6-10(12)11-7-13(16)18-14(17-11)8-2-3-8/h4-8H,2-3H2,1H3. The zero-order chi connectivity index (χ0) is 13.4. The molecule has 0 bridgehead atoms. The van der Waals surface area contributed by atoms with E-state index in [-0.39, 0.29) is 0 Å². The third kappa shape index (κ3) is 2.67. The molecule has 5 heteroatoms. The molecule has 0 N–H and O–H groups in total. The van der Waals surface area contributed by atoms with Crippen LogP contribution in [0.4, 0.5) is 0 Å². The molecule has 1 aromatic carbocycles. The van der Waals surface area contributed by atoms with Crippen molar-refractivity contribution in [2.75, 3.05) is 7.11 Å². The van der Waals surface area contributed by atoms with Gasteiger partial charge in [0.2, 0.25) is 0 Å². The van der Waals surface area contributed by atoms with Crippen LogP contribution in [0.3, 0.4) is 0 Å². The first-order valence-electron chi connectivity index (χ1n) is 6.06. The second-order valence-electron chi connectivity index (χ2n) is 4.55. The third-order valence-electron chi connectivity index (χ3n) is 3.09. The van der Waals surface area contributed by atoms with E-state index in [1.165, 1.54) is 0 Å². The molecule has 0 unspecified atom stereocenters. The van der Waals surface area contributed by atoms with Crippen molar-refractivity contribution < 1.29 is 4.74 Å². The van der Waals surface area contributed by atoms with Crippen molar-refractivity contribution in [3.63, 3.8) is 0 Å². The molecule has 1 fully saturated rings. The van der Waals surface area contributed by atoms with Crippen LogP contribution in [0.1, 0.15) is 24.6 Å². The van der Waals surface area contributed by atoms with Gasteiger partial charge < -0.3 is 4.74 Å². The molecule has 1 aliphatic rings. The summed E-state index contributed by atoms with van der Waals surface area (Å²) < 4.78 is 5.35. The maximum Gasteiger partial charge on any atom is 0.133 e. The van der Waals surface area contributed by atoms with Crippen molar-refractivity contribution in [3.8, 4) is 17.0 Å². The van der Waals surface area contributed by atoms with Gasteiger partial charge >= 0.3 is 0 Å². The van der Waals surface area contributed by atoms with Gasteiger partial charge in [0.15, 0.2) is 0 Å². The van der Waals surface area contributed by atoms with E-state index in [2.05, 4.69) is 9.97 Å². The summed E-state index contributed by atoms with van der Waals surface area (Å²) in [5, 5.41) is 1.09. The molecule has 0 spiro atoms. The predicted octanol–water partition coefficient (Wildman–Crippen LogP) is 4.34. The van der Waals surface area contributed by atoms with Crippen molar-refractivity contribution in [1.29, 1.82) is 0 Å². The van der Waals surface area contributed by atoms with E-state index in [0.29, 0.717) is 16.1 Å². The normalized spacial score (nSPS) is 14.5. The van der Waals surface area contributed by atoms with E-state index in [1.54, 1.807) is 19.2 Å². The molecule has 1 saturated carbocycles. The molecule has 3 nitrogen and oxygen atoms in total. The number of methoxy groups -OCH3 is 1. The largest absolute Gasteiger partial charge is 0.496 e. The van der Waals surface area contributed by atoms with Crippen LogP contribution in [0, 0.1) is 0 Å². The molecular formula is C14H12Cl2N2O. The molecule has 0 saturated heterocycles. The maximum absolute atomic E-state index is 6.08. The Morgan fingerprint density at radius 2 is 1.95 bits per heavy atom. The number of nitrogens with zero attached hydrogens (tertiary/aromatic N) is 2. The van der Waals surface area contributed by atoms with Crippen LogP contribution in [-0.4, -0.2) is 17.1 Å². The summed E-state index contributed by atoms with van der Waals surface area (Å²) in [5.41, 5.74) is 1.59. The highest BCUT2D eigenvalue weighted by molar-refractivity contribution is 6.31. The van der Waals surface area contributed by atoms with Crippen LogP contribution in [0.25, 0.3) is 11.3 Å². The minimum atomic E-state index is 0.447. The summed E-state index contributed by atoms with van der Waals surface area (Å²) in [7, 11) is 1.62. The van der Waals surface area contributed by atoms with Gasteiger partial charge in [0.05, 0.1) is 12.8 Å². The summed E-state index contributed by atoms with van der Waals surface area (Å²) in [6.45, 7) is 0. The topological polar surface area (TPSA) is 35.0 Å². The maximum atomic E-state index is 6.08. The van der Waals surface area contributed by atoms with Crippen LogP contribution in [0.5, 0.6) is 5.75 Å². The van der Waals surface area contributed by atoms with Crippen LogP contribution < -0.4 is 4.74 Å². The van der Waals surface area contributed by atoms with Gasteiger partial charge in [0.1, 0.15) is 16.7 Å². The van der Waals surface area contributed by atoms with E-state index in [1.807, 2.05) is 12.1 Å². The highest BCUT2D eigenvalue weighted by Gasteiger charge is 2.27. The Morgan fingerprint density at radius 1 is 1.16 bits per heavy atom. The molecule has 98 valence electrons. The number of ether oxygens (including phenoxy) is 1. The molecule has 19 heavy (non-hydrogen) atoms. The lowest BCUT2D eigenvalue weighted by molar-refractivity contribution is 0.416. The Hall–Kier alpha value is -1.32. The van der Waals surface area contributed by atoms with Crippen LogP contribution in [0.2, 0.25) is 10.2 Å². The highest BCUT2D eigenvalue weighted by Crippen LogP contribution is 2.40. The van der Waals surface area contributed by atoms with Crippen molar-refractivity contribution in [3.05, 3.63) is 40.3 Å². The Morgan fingerprint density at radius 3 is 2.63 bits per heavy atom. The number of halogens is 2. The number of rotatable bonds is 3. The number of aromatic nitrogens is 2. The Labute approximate surface area is 121 Å². The van der Waals surface area contributed by atoms with E-state index >= 15 is 0 Å². The van der Waals surface area contributed by atoms with Crippen LogP contribution in [-0.2, 0) is 0 Å². The van der Waals surface area contributed by atoms with Gasteiger partial charge in [-0.15, -0.1) is 0 Å². The molecule has 0 atom stereocenters. The average molecular weight is 295 g/mol. The zero-order valence-electron chi connectivity index (χ0n) is 10.4. The summed E-state index contributed by atoms with van der Waals surface area (Å²) >= 11 is 12.1. The minimum Gasteiger partial charge on any atom is -0.496 e. The SMILES string of the molecule is COc1ccc(Cl)cc1-c1cc(Cl)nc(C2CC2)n1. The number of benzene rings is 1. The van der Waals surface area contributed by atoms with Crippen molar-refractivity contribution in [2.24, 2.45) is 0 Å². The lowest BCUT2D eigenvalue weighted by Crippen LogP contribution is -1.97. The predicted molar refractivity (Wildman–Crippen MR) is 76.0 cm³/mol. The van der Waals surface area contributed by atoms with E-state index in [4.69, 9.17) is 27.9 Å². The molecule has 0 aliphatic heterocycles. The first kappa shape index (κ1) is 12.7. The van der Waals surface area contributed by atoms with E-state index in [0.717, 1.165) is 35.7 Å². The first-order valence-corrected chi connectivity index (χ1v) is 6.81. The minimum absolute atomic E-state index is 0.447. The molecule has 1 aliphatic carbocycles. The fraction of sp³-hybridized carbons (Fsp3) is 0.286. The molecule has 1 aromatic heterocycles. The van der Waals surface area contributed by atoms with Gasteiger partial charge in [-0.2, -0.15) is 0 Å². The second kappa shape index (κ2) is 4.99. The molecule has 0 amide bonds. The highest BCUT2D eigenvalue weighted by atomic mass is 35.5. The molecule has 1 heterocycles. The molecule has 3 rings (SSSR count). The Bertz CT molecular complexity index is 627. The Kier molecular flexibility index (Phi) is 3.33. The smallest absolute Gasteiger partial charge is 0.133 e. The van der Waals surface area contributed by atoms with Gasteiger partial charge in [-0.1, -0.05) is 23.2 Å². The lowest BCUT2D eigenvalue weighted by atomic mass is 10.1. The van der Waals surface area contributed by atoms with Gasteiger partial charge in [-0.05, 0) is 31.0 Å². The number of hydrogen-bond acceptors (Lipinski definition) is 3. The lowest BCUT2D eigenvalue weighted by Gasteiger charge is -2.09. The fourth-order valence-electron chi connectivity index (χ4n) is 1.98. The summed E-state index contributed by atoms with van der Waals surface area (Å²) in [6, 6.07) is 7.18. The number of hydrogen-bond donors (Lipinski definition) is 0. The van der Waals surface area contributed by atoms with Gasteiger partial charge in [-0.25, -0.2) is 9.97 Å². The summed E-state index contributed by atoms with van der Waals surface area (Å²) in [5.74, 6) is 1.98. The van der Waals surface area contributed by atoms with Gasteiger partial charge in [0, 0.05) is 22.6 Å². The van der Waals surface area contributed by atoms with E-state index < -0.39 is 0 Å². The third-order valence-corrected chi connectivity index (χ3v) is 3.52. The molecular weight excluding hydrogens is 283 g/mol. The van der Waals surface area contributed by atoms with Crippen LogP contribution in [0.15, 0.2) is 24.3 Å². The molecule has 2 aromatic rings. The van der Waals surface area contributed by atoms with E-state index in [9.17, 15) is 0 Å².